The summed E-state index contributed by atoms with van der Waals surface area (Å²) in [5.74, 6) is 0.848. The van der Waals surface area contributed by atoms with Gasteiger partial charge in [-0.3, -0.25) is 24.4 Å². The van der Waals surface area contributed by atoms with Crippen molar-refractivity contribution < 1.29 is 14.4 Å². The zero-order valence-electron chi connectivity index (χ0n) is 25.8. The number of aromatic amines is 1. The molecule has 2 aromatic heterocycles. The van der Waals surface area contributed by atoms with Crippen LogP contribution in [0.2, 0.25) is 0 Å². The highest BCUT2D eigenvalue weighted by atomic mass is 16.2. The first-order valence-electron chi connectivity index (χ1n) is 16.2. The fourth-order valence-corrected chi connectivity index (χ4v) is 8.07. The Labute approximate surface area is 267 Å². The van der Waals surface area contributed by atoms with Crippen LogP contribution in [0.25, 0.3) is 11.0 Å². The van der Waals surface area contributed by atoms with Gasteiger partial charge in [-0.15, -0.1) is 0 Å². The SMILES string of the molecule is O=C(CN1CN(c2ccccc2)C2(CCN(C(=O)c3cnc4[nH]ncc4c3)CC2)C1=O)N1C[C@H]2CN(Cc3ccccc3)C[C@H]2C1. The quantitative estimate of drug-likeness (QED) is 0.354. The summed E-state index contributed by atoms with van der Waals surface area (Å²) < 4.78 is 0. The van der Waals surface area contributed by atoms with E-state index in [4.69, 9.17) is 0 Å². The monoisotopic (exact) mass is 618 g/mol. The molecule has 0 unspecified atom stereocenters. The van der Waals surface area contributed by atoms with E-state index in [9.17, 15) is 14.4 Å². The number of hydrogen-bond donors (Lipinski definition) is 1. The molecule has 0 saturated carbocycles. The number of pyridine rings is 1. The number of carbonyl (C=O) groups excluding carboxylic acids is 3. The lowest BCUT2D eigenvalue weighted by atomic mass is 9.85. The summed E-state index contributed by atoms with van der Waals surface area (Å²) in [4.78, 5) is 55.9. The number of likely N-dealkylation sites (tertiary alicyclic amines) is 3. The molecule has 1 spiro atoms. The topological polar surface area (TPSA) is 109 Å². The minimum atomic E-state index is -0.801. The minimum Gasteiger partial charge on any atom is -0.340 e. The molecule has 2 atom stereocenters. The lowest BCUT2D eigenvalue weighted by Crippen LogP contribution is -2.57. The van der Waals surface area contributed by atoms with Crippen molar-refractivity contribution in [2.24, 2.45) is 11.8 Å². The number of para-hydroxylation sites is 1. The van der Waals surface area contributed by atoms with E-state index in [-0.39, 0.29) is 24.3 Å². The molecule has 0 radical (unpaired) electrons. The van der Waals surface area contributed by atoms with E-state index >= 15 is 0 Å². The van der Waals surface area contributed by atoms with Crippen LogP contribution in [0.4, 0.5) is 5.69 Å². The average molecular weight is 619 g/mol. The van der Waals surface area contributed by atoms with Gasteiger partial charge in [0, 0.05) is 63.1 Å². The Morgan fingerprint density at radius 3 is 2.28 bits per heavy atom. The van der Waals surface area contributed by atoms with Gasteiger partial charge < -0.3 is 19.6 Å². The van der Waals surface area contributed by atoms with Crippen LogP contribution >= 0.6 is 0 Å². The molecule has 2 aromatic carbocycles. The van der Waals surface area contributed by atoms with Crippen molar-refractivity contribution in [2.75, 3.05) is 57.4 Å². The molecule has 11 nitrogen and oxygen atoms in total. The van der Waals surface area contributed by atoms with Gasteiger partial charge in [0.05, 0.1) is 18.4 Å². The summed E-state index contributed by atoms with van der Waals surface area (Å²) in [6, 6.07) is 22.3. The summed E-state index contributed by atoms with van der Waals surface area (Å²) in [7, 11) is 0. The van der Waals surface area contributed by atoms with Crippen molar-refractivity contribution in [3.63, 3.8) is 0 Å². The Morgan fingerprint density at radius 1 is 0.870 bits per heavy atom. The van der Waals surface area contributed by atoms with E-state index in [0.29, 0.717) is 55.6 Å². The molecular formula is C35H38N8O3. The maximum Gasteiger partial charge on any atom is 0.255 e. The van der Waals surface area contributed by atoms with Gasteiger partial charge in [-0.1, -0.05) is 48.5 Å². The number of hydrogen-bond acceptors (Lipinski definition) is 7. The Balaban J connectivity index is 0.934. The molecule has 0 aliphatic carbocycles. The second-order valence-corrected chi connectivity index (χ2v) is 13.3. The van der Waals surface area contributed by atoms with Gasteiger partial charge in [-0.05, 0) is 48.4 Å². The lowest BCUT2D eigenvalue weighted by molar-refractivity contribution is -0.140. The Hall–Kier alpha value is -4.77. The van der Waals surface area contributed by atoms with E-state index in [1.807, 2.05) is 46.2 Å². The van der Waals surface area contributed by atoms with Crippen LogP contribution in [0, 0.1) is 11.8 Å². The Kier molecular flexibility index (Phi) is 7.20. The first-order chi connectivity index (χ1) is 22.5. The van der Waals surface area contributed by atoms with Crippen molar-refractivity contribution in [2.45, 2.75) is 24.9 Å². The third-order valence-electron chi connectivity index (χ3n) is 10.5. The lowest BCUT2D eigenvalue weighted by Gasteiger charge is -2.43. The number of anilines is 1. The fraction of sp³-hybridized carbons (Fsp3) is 0.400. The molecule has 0 bridgehead atoms. The first kappa shape index (κ1) is 28.7. The number of piperidine rings is 1. The van der Waals surface area contributed by atoms with E-state index in [1.54, 1.807) is 23.4 Å². The molecule has 1 N–H and O–H groups in total. The van der Waals surface area contributed by atoms with E-state index in [1.165, 1.54) is 5.56 Å². The molecule has 8 rings (SSSR count). The molecule has 4 aliphatic heterocycles. The number of fused-ring (bicyclic) bond motifs is 2. The third-order valence-corrected chi connectivity index (χ3v) is 10.5. The predicted octanol–water partition coefficient (Wildman–Crippen LogP) is 2.83. The van der Waals surface area contributed by atoms with E-state index in [2.05, 4.69) is 49.2 Å². The zero-order chi connectivity index (χ0) is 31.3. The smallest absolute Gasteiger partial charge is 0.255 e. The molecule has 3 amide bonds. The van der Waals surface area contributed by atoms with Crippen LogP contribution in [-0.2, 0) is 16.1 Å². The Morgan fingerprint density at radius 2 is 1.57 bits per heavy atom. The Bertz CT molecular complexity index is 1740. The molecule has 11 heteroatoms. The summed E-state index contributed by atoms with van der Waals surface area (Å²) in [5, 5.41) is 7.60. The molecular weight excluding hydrogens is 580 g/mol. The van der Waals surface area contributed by atoms with Crippen LogP contribution in [0.1, 0.15) is 28.8 Å². The van der Waals surface area contributed by atoms with Gasteiger partial charge in [0.25, 0.3) is 11.8 Å². The standard InChI is InChI=1S/C35H38N8O3/c44-31(41-21-28-19-39(20-29(28)22-41)18-25-7-3-1-4-8-25)23-42-24-43(30-9-5-2-6-10-30)35(34(42)46)11-13-40(14-12-35)33(45)27-15-26-17-37-38-32(26)36-16-27/h1-10,15-17,28-29H,11-14,18-24H2,(H,36,37,38)/t28-,29+. The largest absolute Gasteiger partial charge is 0.340 e. The second-order valence-electron chi connectivity index (χ2n) is 13.3. The second kappa shape index (κ2) is 11.5. The third kappa shape index (κ3) is 5.08. The van der Waals surface area contributed by atoms with E-state index in [0.717, 1.165) is 43.8 Å². The molecule has 6 heterocycles. The molecule has 46 heavy (non-hydrogen) atoms. The molecule has 4 aromatic rings. The van der Waals surface area contributed by atoms with Crippen molar-refractivity contribution in [1.82, 2.24) is 34.8 Å². The van der Waals surface area contributed by atoms with Crippen molar-refractivity contribution in [3.8, 4) is 0 Å². The van der Waals surface area contributed by atoms with Crippen LogP contribution in [-0.4, -0.2) is 111 Å². The van der Waals surface area contributed by atoms with Crippen LogP contribution in [0.5, 0.6) is 0 Å². The highest BCUT2D eigenvalue weighted by Gasteiger charge is 2.55. The van der Waals surface area contributed by atoms with Gasteiger partial charge in [0.1, 0.15) is 12.1 Å². The first-order valence-corrected chi connectivity index (χ1v) is 16.2. The highest BCUT2D eigenvalue weighted by molar-refractivity contribution is 5.98. The fourth-order valence-electron chi connectivity index (χ4n) is 8.07. The molecule has 4 fully saturated rings. The summed E-state index contributed by atoms with van der Waals surface area (Å²) in [6.45, 7) is 5.76. The minimum absolute atomic E-state index is 0.0216. The van der Waals surface area contributed by atoms with Crippen LogP contribution in [0.3, 0.4) is 0 Å². The van der Waals surface area contributed by atoms with Gasteiger partial charge >= 0.3 is 0 Å². The van der Waals surface area contributed by atoms with Gasteiger partial charge in [0.15, 0.2) is 5.65 Å². The normalized spacial score (nSPS) is 22.7. The summed E-state index contributed by atoms with van der Waals surface area (Å²) in [6.07, 6.45) is 4.21. The average Bonchev–Trinajstić information content (AvgIpc) is 3.86. The highest BCUT2D eigenvalue weighted by Crippen LogP contribution is 2.40. The van der Waals surface area contributed by atoms with Crippen molar-refractivity contribution in [3.05, 3.63) is 90.3 Å². The van der Waals surface area contributed by atoms with E-state index < -0.39 is 5.54 Å². The summed E-state index contributed by atoms with van der Waals surface area (Å²) >= 11 is 0. The number of carbonyl (C=O) groups is 3. The van der Waals surface area contributed by atoms with Crippen LogP contribution in [0.15, 0.2) is 79.1 Å². The number of rotatable bonds is 6. The van der Waals surface area contributed by atoms with Crippen molar-refractivity contribution in [1.29, 1.82) is 0 Å². The van der Waals surface area contributed by atoms with Crippen molar-refractivity contribution >= 4 is 34.4 Å². The zero-order valence-corrected chi connectivity index (χ0v) is 25.8. The maximum absolute atomic E-state index is 14.3. The van der Waals surface area contributed by atoms with Gasteiger partial charge in [0.2, 0.25) is 5.91 Å². The number of amides is 3. The number of nitrogens with one attached hydrogen (secondary N) is 1. The molecule has 4 aliphatic rings. The number of aromatic nitrogens is 3. The number of benzene rings is 2. The predicted molar refractivity (Wildman–Crippen MR) is 173 cm³/mol. The maximum atomic E-state index is 14.3. The number of nitrogens with zero attached hydrogens (tertiary/aromatic N) is 7. The number of H-pyrrole nitrogens is 1. The van der Waals surface area contributed by atoms with Gasteiger partial charge in [-0.25, -0.2) is 4.98 Å². The molecule has 4 saturated heterocycles. The van der Waals surface area contributed by atoms with Crippen LogP contribution < -0.4 is 4.90 Å². The molecule has 236 valence electrons. The van der Waals surface area contributed by atoms with Gasteiger partial charge in [-0.2, -0.15) is 5.10 Å². The summed E-state index contributed by atoms with van der Waals surface area (Å²) in [5.41, 5.74) is 2.62.